The van der Waals surface area contributed by atoms with E-state index >= 15 is 0 Å². The number of hydrogen-bond acceptors (Lipinski definition) is 5. The van der Waals surface area contributed by atoms with Crippen LogP contribution < -0.4 is 5.01 Å². The molecule has 0 radical (unpaired) electrons. The number of aromatic nitrogens is 1. The normalized spacial score (nSPS) is 21.4. The summed E-state index contributed by atoms with van der Waals surface area (Å²) in [7, 11) is 4.47. The SMILES string of the molecule is Cc1cccc2c1N(C1=CC=C(N3CCC(C)CC3)N(C)C1)N(C)C2c1cccc2cnccc12. The maximum Gasteiger partial charge on any atom is 0.104 e. The van der Waals surface area contributed by atoms with Gasteiger partial charge in [0.2, 0.25) is 0 Å². The van der Waals surface area contributed by atoms with Crippen LogP contribution in [0.5, 0.6) is 0 Å². The van der Waals surface area contributed by atoms with E-state index in [2.05, 4.69) is 107 Å². The zero-order valence-electron chi connectivity index (χ0n) is 21.3. The van der Waals surface area contributed by atoms with Gasteiger partial charge in [-0.1, -0.05) is 43.3 Å². The fourth-order valence-electron chi connectivity index (χ4n) is 6.16. The van der Waals surface area contributed by atoms with Gasteiger partial charge in [0.15, 0.2) is 0 Å². The number of likely N-dealkylation sites (N-methyl/N-ethyl adjacent to an activating group) is 1. The lowest BCUT2D eigenvalue weighted by Gasteiger charge is -2.42. The van der Waals surface area contributed by atoms with Crippen LogP contribution in [0.2, 0.25) is 0 Å². The molecule has 1 atom stereocenters. The van der Waals surface area contributed by atoms with E-state index in [0.717, 1.165) is 25.6 Å². The Morgan fingerprint density at radius 3 is 2.49 bits per heavy atom. The molecule has 0 amide bonds. The van der Waals surface area contributed by atoms with E-state index in [1.54, 1.807) is 0 Å². The molecule has 1 aromatic heterocycles. The van der Waals surface area contributed by atoms with Crippen LogP contribution in [0.25, 0.3) is 10.8 Å². The summed E-state index contributed by atoms with van der Waals surface area (Å²) < 4.78 is 0. The lowest BCUT2D eigenvalue weighted by Crippen LogP contribution is -2.44. The summed E-state index contributed by atoms with van der Waals surface area (Å²) in [5, 5.41) is 7.33. The third kappa shape index (κ3) is 3.69. The number of para-hydroxylation sites is 1. The lowest BCUT2D eigenvalue weighted by atomic mass is 9.93. The van der Waals surface area contributed by atoms with Crippen LogP contribution in [-0.4, -0.2) is 53.5 Å². The number of hydrazine groups is 1. The predicted molar refractivity (Wildman–Crippen MR) is 144 cm³/mol. The number of pyridine rings is 1. The van der Waals surface area contributed by atoms with E-state index in [1.807, 2.05) is 12.4 Å². The van der Waals surface area contributed by atoms with E-state index in [0.29, 0.717) is 0 Å². The van der Waals surface area contributed by atoms with Crippen LogP contribution in [0.15, 0.2) is 78.5 Å². The smallest absolute Gasteiger partial charge is 0.104 e. The summed E-state index contributed by atoms with van der Waals surface area (Å²) >= 11 is 0. The van der Waals surface area contributed by atoms with Crippen molar-refractivity contribution in [2.24, 2.45) is 5.92 Å². The summed E-state index contributed by atoms with van der Waals surface area (Å²) in [5.41, 5.74) is 6.62. The standard InChI is InChI=1S/C30H35N5/c1-21-14-17-34(18-15-21)28-12-11-24(20-32(28)3)35-29-22(2)7-5-10-27(29)30(33(35)4)26-9-6-8-23-19-31-16-13-25(23)26/h5-13,16,19,21,30H,14-15,17-18,20H2,1-4H3. The van der Waals surface area contributed by atoms with E-state index < -0.39 is 0 Å². The Hall–Kier alpha value is -3.31. The Labute approximate surface area is 208 Å². The number of allylic oxidation sites excluding steroid dienone is 2. The molecule has 180 valence electrons. The van der Waals surface area contributed by atoms with Gasteiger partial charge in [-0.15, -0.1) is 0 Å². The van der Waals surface area contributed by atoms with Crippen molar-refractivity contribution < 1.29 is 0 Å². The Morgan fingerprint density at radius 1 is 0.914 bits per heavy atom. The molecular weight excluding hydrogens is 430 g/mol. The number of hydrogen-bond donors (Lipinski definition) is 0. The van der Waals surface area contributed by atoms with Gasteiger partial charge in [-0.25, -0.2) is 5.01 Å². The molecule has 3 aliphatic rings. The first kappa shape index (κ1) is 22.2. The van der Waals surface area contributed by atoms with Crippen molar-refractivity contribution in [3.8, 4) is 0 Å². The molecule has 0 bridgehead atoms. The first-order valence-corrected chi connectivity index (χ1v) is 12.8. The molecule has 5 heteroatoms. The number of fused-ring (bicyclic) bond motifs is 2. The molecule has 3 aromatic rings. The number of rotatable bonds is 3. The van der Waals surface area contributed by atoms with Crippen molar-refractivity contribution in [2.75, 3.05) is 38.7 Å². The first-order valence-electron chi connectivity index (χ1n) is 12.8. The van der Waals surface area contributed by atoms with E-state index in [4.69, 9.17) is 0 Å². The third-order valence-electron chi connectivity index (χ3n) is 8.07. The van der Waals surface area contributed by atoms with Crippen LogP contribution >= 0.6 is 0 Å². The number of aryl methyl sites for hydroxylation is 1. The molecule has 0 saturated carbocycles. The largest absolute Gasteiger partial charge is 0.358 e. The van der Waals surface area contributed by atoms with Crippen LogP contribution in [-0.2, 0) is 0 Å². The molecule has 0 spiro atoms. The Morgan fingerprint density at radius 2 is 1.69 bits per heavy atom. The molecule has 4 heterocycles. The quantitative estimate of drug-likeness (QED) is 0.494. The van der Waals surface area contributed by atoms with Gasteiger partial charge in [0.05, 0.1) is 24.0 Å². The highest BCUT2D eigenvalue weighted by molar-refractivity contribution is 5.86. The van der Waals surface area contributed by atoms with Crippen LogP contribution in [0, 0.1) is 12.8 Å². The second-order valence-corrected chi connectivity index (χ2v) is 10.5. The molecule has 5 nitrogen and oxygen atoms in total. The highest BCUT2D eigenvalue weighted by Gasteiger charge is 2.39. The molecular formula is C30H35N5. The van der Waals surface area contributed by atoms with Crippen LogP contribution in [0.1, 0.15) is 42.5 Å². The minimum absolute atomic E-state index is 0.149. The molecule has 1 saturated heterocycles. The first-order chi connectivity index (χ1) is 17.0. The minimum atomic E-state index is 0.149. The molecule has 2 aromatic carbocycles. The number of piperidine rings is 1. The van der Waals surface area contributed by atoms with Crippen molar-refractivity contribution in [1.29, 1.82) is 0 Å². The number of anilines is 1. The Balaban J connectivity index is 1.41. The average Bonchev–Trinajstić information content (AvgIpc) is 3.17. The lowest BCUT2D eigenvalue weighted by molar-refractivity contribution is 0.178. The summed E-state index contributed by atoms with van der Waals surface area (Å²) in [4.78, 5) is 9.34. The maximum absolute atomic E-state index is 4.36. The summed E-state index contributed by atoms with van der Waals surface area (Å²) in [5.74, 6) is 2.19. The van der Waals surface area contributed by atoms with Gasteiger partial charge in [0, 0.05) is 50.5 Å². The van der Waals surface area contributed by atoms with Crippen molar-refractivity contribution in [1.82, 2.24) is 19.8 Å². The van der Waals surface area contributed by atoms with Crippen LogP contribution in [0.4, 0.5) is 5.69 Å². The molecule has 1 unspecified atom stereocenters. The summed E-state index contributed by atoms with van der Waals surface area (Å²) in [6.45, 7) is 7.81. The van der Waals surface area contributed by atoms with Gasteiger partial charge >= 0.3 is 0 Å². The average molecular weight is 466 g/mol. The molecule has 0 aliphatic carbocycles. The van der Waals surface area contributed by atoms with Crippen LogP contribution in [0.3, 0.4) is 0 Å². The van der Waals surface area contributed by atoms with Crippen molar-refractivity contribution >= 4 is 16.5 Å². The highest BCUT2D eigenvalue weighted by atomic mass is 15.7. The maximum atomic E-state index is 4.36. The third-order valence-corrected chi connectivity index (χ3v) is 8.07. The molecule has 35 heavy (non-hydrogen) atoms. The monoisotopic (exact) mass is 465 g/mol. The Bertz CT molecular complexity index is 1310. The number of nitrogens with zero attached hydrogens (tertiary/aromatic N) is 5. The van der Waals surface area contributed by atoms with Gasteiger partial charge in [0.1, 0.15) is 5.82 Å². The highest BCUT2D eigenvalue weighted by Crippen LogP contribution is 2.48. The molecule has 0 N–H and O–H groups in total. The zero-order valence-corrected chi connectivity index (χ0v) is 21.3. The minimum Gasteiger partial charge on any atom is -0.358 e. The van der Waals surface area contributed by atoms with Crippen molar-refractivity contribution in [3.63, 3.8) is 0 Å². The second kappa shape index (κ2) is 8.72. The van der Waals surface area contributed by atoms with Gasteiger partial charge < -0.3 is 9.80 Å². The number of likely N-dealkylation sites (tertiary alicyclic amines) is 1. The van der Waals surface area contributed by atoms with Crippen molar-refractivity contribution in [2.45, 2.75) is 32.7 Å². The van der Waals surface area contributed by atoms with Gasteiger partial charge in [-0.2, -0.15) is 0 Å². The zero-order chi connectivity index (χ0) is 24.1. The van der Waals surface area contributed by atoms with Gasteiger partial charge in [-0.3, -0.25) is 9.99 Å². The molecule has 6 rings (SSSR count). The number of benzene rings is 2. The second-order valence-electron chi connectivity index (χ2n) is 10.5. The summed E-state index contributed by atoms with van der Waals surface area (Å²) in [6.07, 6.45) is 11.1. The van der Waals surface area contributed by atoms with Crippen molar-refractivity contribution in [3.05, 3.63) is 95.2 Å². The van der Waals surface area contributed by atoms with Gasteiger partial charge in [0.25, 0.3) is 0 Å². The van der Waals surface area contributed by atoms with E-state index in [-0.39, 0.29) is 6.04 Å². The predicted octanol–water partition coefficient (Wildman–Crippen LogP) is 5.70. The fraction of sp³-hybridized carbons (Fsp3) is 0.367. The molecule has 3 aliphatic heterocycles. The molecule has 1 fully saturated rings. The topological polar surface area (TPSA) is 25.9 Å². The van der Waals surface area contributed by atoms with E-state index in [1.165, 1.54) is 57.5 Å². The van der Waals surface area contributed by atoms with Gasteiger partial charge in [-0.05, 0) is 60.4 Å². The summed E-state index contributed by atoms with van der Waals surface area (Å²) in [6, 6.07) is 15.6. The van der Waals surface area contributed by atoms with E-state index in [9.17, 15) is 0 Å². The fourth-order valence-corrected chi connectivity index (χ4v) is 6.16. The Kier molecular flexibility index (Phi) is 5.53.